The molecule has 0 aliphatic carbocycles. The van der Waals surface area contributed by atoms with Gasteiger partial charge in [-0.15, -0.1) is 11.3 Å². The van der Waals surface area contributed by atoms with Crippen LogP contribution in [0.25, 0.3) is 10.1 Å². The van der Waals surface area contributed by atoms with Crippen molar-refractivity contribution in [3.8, 4) is 5.75 Å². The third-order valence-electron chi connectivity index (χ3n) is 3.30. The lowest BCUT2D eigenvalue weighted by molar-refractivity contribution is 0.0699. The molecule has 21 heavy (non-hydrogen) atoms. The molecule has 0 unspecified atom stereocenters. The first-order valence-electron chi connectivity index (χ1n) is 6.58. The molecule has 0 aliphatic rings. The summed E-state index contributed by atoms with van der Waals surface area (Å²) in [6.07, 6.45) is 0. The fourth-order valence-electron chi connectivity index (χ4n) is 2.20. The SMILES string of the molecule is Cc1ccc(OCc2c(C(=O)O)sc3ccccc23)cc1. The third-order valence-corrected chi connectivity index (χ3v) is 4.50. The van der Waals surface area contributed by atoms with E-state index in [0.29, 0.717) is 4.88 Å². The van der Waals surface area contributed by atoms with Crippen LogP contribution in [0.15, 0.2) is 48.5 Å². The summed E-state index contributed by atoms with van der Waals surface area (Å²) in [4.78, 5) is 11.8. The van der Waals surface area contributed by atoms with Crippen molar-refractivity contribution >= 4 is 27.4 Å². The summed E-state index contributed by atoms with van der Waals surface area (Å²) in [6, 6.07) is 15.4. The van der Waals surface area contributed by atoms with E-state index in [-0.39, 0.29) is 6.61 Å². The lowest BCUT2D eigenvalue weighted by Crippen LogP contribution is -2.02. The molecular weight excluding hydrogens is 284 g/mol. The molecule has 3 rings (SSSR count). The van der Waals surface area contributed by atoms with Crippen molar-refractivity contribution in [2.45, 2.75) is 13.5 Å². The Labute approximate surface area is 126 Å². The number of ether oxygens (including phenoxy) is 1. The normalized spacial score (nSPS) is 10.7. The first-order valence-corrected chi connectivity index (χ1v) is 7.40. The molecule has 106 valence electrons. The Morgan fingerprint density at radius 1 is 1.14 bits per heavy atom. The van der Waals surface area contributed by atoms with Gasteiger partial charge in [0.05, 0.1) is 0 Å². The minimum atomic E-state index is -0.904. The smallest absolute Gasteiger partial charge is 0.346 e. The van der Waals surface area contributed by atoms with Crippen LogP contribution in [0.3, 0.4) is 0 Å². The molecule has 2 aromatic carbocycles. The molecule has 0 saturated heterocycles. The zero-order valence-electron chi connectivity index (χ0n) is 11.5. The summed E-state index contributed by atoms with van der Waals surface area (Å²) < 4.78 is 6.72. The van der Waals surface area contributed by atoms with Gasteiger partial charge < -0.3 is 9.84 Å². The molecule has 1 N–H and O–H groups in total. The molecule has 0 aliphatic heterocycles. The van der Waals surface area contributed by atoms with Crippen LogP contribution in [0.4, 0.5) is 0 Å². The van der Waals surface area contributed by atoms with Gasteiger partial charge >= 0.3 is 5.97 Å². The van der Waals surface area contributed by atoms with Gasteiger partial charge in [0, 0.05) is 10.3 Å². The van der Waals surface area contributed by atoms with E-state index in [9.17, 15) is 9.90 Å². The zero-order chi connectivity index (χ0) is 14.8. The van der Waals surface area contributed by atoms with Gasteiger partial charge in [0.2, 0.25) is 0 Å². The molecule has 0 radical (unpaired) electrons. The highest BCUT2D eigenvalue weighted by Gasteiger charge is 2.17. The van der Waals surface area contributed by atoms with Crippen molar-refractivity contribution < 1.29 is 14.6 Å². The molecule has 0 bridgehead atoms. The molecule has 0 atom stereocenters. The first kappa shape index (κ1) is 13.6. The standard InChI is InChI=1S/C17H14O3S/c1-11-6-8-12(9-7-11)20-10-14-13-4-2-3-5-15(13)21-16(14)17(18)19/h2-9H,10H2,1H3,(H,18,19). The second kappa shape index (κ2) is 5.58. The van der Waals surface area contributed by atoms with Gasteiger partial charge in [0.25, 0.3) is 0 Å². The number of carbonyl (C=O) groups is 1. The van der Waals surface area contributed by atoms with Crippen LogP contribution in [0.5, 0.6) is 5.75 Å². The maximum atomic E-state index is 11.4. The summed E-state index contributed by atoms with van der Waals surface area (Å²) in [5, 5.41) is 10.3. The lowest BCUT2D eigenvalue weighted by Gasteiger charge is -2.07. The molecule has 0 amide bonds. The predicted octanol–water partition coefficient (Wildman–Crippen LogP) is 4.49. The molecule has 0 spiro atoms. The van der Waals surface area contributed by atoms with Gasteiger partial charge in [0.1, 0.15) is 17.2 Å². The topological polar surface area (TPSA) is 46.5 Å². The van der Waals surface area contributed by atoms with Gasteiger partial charge in [-0.3, -0.25) is 0 Å². The van der Waals surface area contributed by atoms with E-state index in [1.54, 1.807) is 0 Å². The van der Waals surface area contributed by atoms with Crippen LogP contribution in [-0.2, 0) is 6.61 Å². The molecule has 3 nitrogen and oxygen atoms in total. The number of benzene rings is 2. The Kier molecular flexibility index (Phi) is 3.62. The van der Waals surface area contributed by atoms with Gasteiger partial charge in [-0.1, -0.05) is 35.9 Å². The number of carboxylic acid groups (broad SMARTS) is 1. The van der Waals surface area contributed by atoms with Crippen molar-refractivity contribution in [2.24, 2.45) is 0 Å². The van der Waals surface area contributed by atoms with Crippen molar-refractivity contribution in [1.82, 2.24) is 0 Å². The second-order valence-corrected chi connectivity index (χ2v) is 5.86. The second-order valence-electron chi connectivity index (χ2n) is 4.81. The Morgan fingerprint density at radius 2 is 1.86 bits per heavy atom. The highest BCUT2D eigenvalue weighted by Crippen LogP contribution is 2.32. The van der Waals surface area contributed by atoms with E-state index in [1.807, 2.05) is 55.5 Å². The fourth-order valence-corrected chi connectivity index (χ4v) is 3.25. The van der Waals surface area contributed by atoms with Crippen LogP contribution in [0.1, 0.15) is 20.8 Å². The number of hydrogen-bond acceptors (Lipinski definition) is 3. The highest BCUT2D eigenvalue weighted by molar-refractivity contribution is 7.21. The average Bonchev–Trinajstić information content (AvgIpc) is 2.86. The maximum absolute atomic E-state index is 11.4. The highest BCUT2D eigenvalue weighted by atomic mass is 32.1. The van der Waals surface area contributed by atoms with E-state index < -0.39 is 5.97 Å². The van der Waals surface area contributed by atoms with E-state index in [0.717, 1.165) is 27.0 Å². The van der Waals surface area contributed by atoms with E-state index >= 15 is 0 Å². The Bertz CT molecular complexity index is 787. The van der Waals surface area contributed by atoms with Crippen molar-refractivity contribution in [1.29, 1.82) is 0 Å². The van der Waals surface area contributed by atoms with Crippen molar-refractivity contribution in [2.75, 3.05) is 0 Å². The predicted molar refractivity (Wildman–Crippen MR) is 84.3 cm³/mol. The van der Waals surface area contributed by atoms with Gasteiger partial charge in [-0.2, -0.15) is 0 Å². The number of fused-ring (bicyclic) bond motifs is 1. The molecule has 3 aromatic rings. The van der Waals surface area contributed by atoms with Crippen LogP contribution < -0.4 is 4.74 Å². The lowest BCUT2D eigenvalue weighted by atomic mass is 10.1. The van der Waals surface area contributed by atoms with Crippen LogP contribution in [-0.4, -0.2) is 11.1 Å². The zero-order valence-corrected chi connectivity index (χ0v) is 12.3. The number of aromatic carboxylic acids is 1. The fraction of sp³-hybridized carbons (Fsp3) is 0.118. The van der Waals surface area contributed by atoms with E-state index in [2.05, 4.69) is 0 Å². The molecule has 0 fully saturated rings. The van der Waals surface area contributed by atoms with Crippen molar-refractivity contribution in [3.05, 3.63) is 64.5 Å². The largest absolute Gasteiger partial charge is 0.489 e. The summed E-state index contributed by atoms with van der Waals surface area (Å²) in [6.45, 7) is 2.27. The monoisotopic (exact) mass is 298 g/mol. The third kappa shape index (κ3) is 2.76. The first-order chi connectivity index (χ1) is 10.1. The quantitative estimate of drug-likeness (QED) is 0.772. The van der Waals surface area contributed by atoms with Gasteiger partial charge in [-0.05, 0) is 30.5 Å². The van der Waals surface area contributed by atoms with Crippen LogP contribution in [0, 0.1) is 6.92 Å². The Morgan fingerprint density at radius 3 is 2.57 bits per heavy atom. The molecule has 1 aromatic heterocycles. The maximum Gasteiger partial charge on any atom is 0.346 e. The van der Waals surface area contributed by atoms with Crippen LogP contribution in [0.2, 0.25) is 0 Å². The Hall–Kier alpha value is -2.33. The number of hydrogen-bond donors (Lipinski definition) is 1. The number of thiophene rings is 1. The van der Waals surface area contributed by atoms with E-state index in [4.69, 9.17) is 4.74 Å². The number of rotatable bonds is 4. The summed E-state index contributed by atoms with van der Waals surface area (Å²) in [5.41, 5.74) is 1.90. The molecular formula is C17H14O3S. The summed E-state index contributed by atoms with van der Waals surface area (Å²) in [7, 11) is 0. The average molecular weight is 298 g/mol. The number of aryl methyl sites for hydroxylation is 1. The van der Waals surface area contributed by atoms with E-state index in [1.165, 1.54) is 11.3 Å². The summed E-state index contributed by atoms with van der Waals surface area (Å²) >= 11 is 1.29. The van der Waals surface area contributed by atoms with Crippen LogP contribution >= 0.6 is 11.3 Å². The van der Waals surface area contributed by atoms with Crippen molar-refractivity contribution in [3.63, 3.8) is 0 Å². The van der Waals surface area contributed by atoms with Gasteiger partial charge in [0.15, 0.2) is 0 Å². The minimum absolute atomic E-state index is 0.259. The Balaban J connectivity index is 1.93. The molecule has 0 saturated carbocycles. The molecule has 1 heterocycles. The summed E-state index contributed by atoms with van der Waals surface area (Å²) in [5.74, 6) is -0.161. The van der Waals surface area contributed by atoms with Gasteiger partial charge in [-0.25, -0.2) is 4.79 Å². The number of carboxylic acids is 1. The minimum Gasteiger partial charge on any atom is -0.489 e. The molecule has 4 heteroatoms.